The van der Waals surface area contributed by atoms with E-state index in [0.717, 1.165) is 0 Å². The lowest BCUT2D eigenvalue weighted by molar-refractivity contribution is -0.118. The van der Waals surface area contributed by atoms with Crippen molar-refractivity contribution in [3.05, 3.63) is 11.6 Å². The molecule has 0 atom stereocenters. The van der Waals surface area contributed by atoms with Crippen LogP contribution in [0.3, 0.4) is 0 Å². The van der Waals surface area contributed by atoms with Crippen LogP contribution in [-0.4, -0.2) is 44.0 Å². The van der Waals surface area contributed by atoms with Gasteiger partial charge in [0, 0.05) is 24.7 Å². The highest BCUT2D eigenvalue weighted by Crippen LogP contribution is 2.13. The van der Waals surface area contributed by atoms with Gasteiger partial charge in [0.25, 0.3) is 0 Å². The van der Waals surface area contributed by atoms with Crippen molar-refractivity contribution in [1.29, 1.82) is 0 Å². The van der Waals surface area contributed by atoms with Crippen molar-refractivity contribution < 1.29 is 13.2 Å². The summed E-state index contributed by atoms with van der Waals surface area (Å²) in [7, 11) is -3.14. The van der Waals surface area contributed by atoms with E-state index in [4.69, 9.17) is 0 Å². The van der Waals surface area contributed by atoms with Gasteiger partial charge < -0.3 is 5.32 Å². The molecule has 0 aliphatic carbocycles. The highest BCUT2D eigenvalue weighted by molar-refractivity contribution is 7.88. The lowest BCUT2D eigenvalue weighted by Gasteiger charge is -2.24. The molecule has 0 fully saturated rings. The summed E-state index contributed by atoms with van der Waals surface area (Å²) >= 11 is 0. The van der Waals surface area contributed by atoms with Gasteiger partial charge in [0.15, 0.2) is 0 Å². The van der Waals surface area contributed by atoms with Crippen molar-refractivity contribution >= 4 is 15.9 Å². The second-order valence-electron chi connectivity index (χ2n) is 4.23. The topological polar surface area (TPSA) is 66.5 Å². The lowest BCUT2D eigenvalue weighted by atomic mass is 10.1. The van der Waals surface area contributed by atoms with E-state index in [0.29, 0.717) is 25.1 Å². The van der Waals surface area contributed by atoms with Crippen LogP contribution >= 0.6 is 0 Å². The summed E-state index contributed by atoms with van der Waals surface area (Å²) in [5.41, 5.74) is 0.675. The smallest absolute Gasteiger partial charge is 0.247 e. The Bertz CT molecular complexity index is 398. The van der Waals surface area contributed by atoms with E-state index in [-0.39, 0.29) is 11.9 Å². The third kappa shape index (κ3) is 3.61. The fraction of sp³-hybridized carbons (Fsp3) is 0.700. The summed E-state index contributed by atoms with van der Waals surface area (Å²) in [5.74, 6) is -0.0943. The van der Waals surface area contributed by atoms with E-state index in [1.165, 1.54) is 10.6 Å². The molecule has 0 unspecified atom stereocenters. The molecule has 6 heteroatoms. The molecule has 1 rings (SSSR count). The molecule has 0 aromatic heterocycles. The number of rotatable bonds is 3. The molecule has 1 N–H and O–H groups in total. The molecule has 0 aromatic rings. The summed E-state index contributed by atoms with van der Waals surface area (Å²) in [4.78, 5) is 11.6. The Labute approximate surface area is 96.6 Å². The molecular weight excluding hydrogens is 228 g/mol. The monoisotopic (exact) mass is 246 g/mol. The van der Waals surface area contributed by atoms with Crippen molar-refractivity contribution in [1.82, 2.24) is 9.62 Å². The standard InChI is InChI=1S/C10H18N2O3S/c1-8(2)11-10(13)9-4-6-12(7-5-9)16(3,14)15/h4,8H,5-7H2,1-3H3,(H,11,13). The molecule has 1 aliphatic rings. The van der Waals surface area contributed by atoms with Gasteiger partial charge in [0.2, 0.25) is 15.9 Å². The Morgan fingerprint density at radius 3 is 2.50 bits per heavy atom. The second kappa shape index (κ2) is 4.97. The highest BCUT2D eigenvalue weighted by Gasteiger charge is 2.22. The van der Waals surface area contributed by atoms with Gasteiger partial charge in [-0.15, -0.1) is 0 Å². The molecule has 16 heavy (non-hydrogen) atoms. The normalized spacial score (nSPS) is 18.4. The number of hydrogen-bond acceptors (Lipinski definition) is 3. The predicted octanol–water partition coefficient (Wildman–Crippen LogP) is 0.103. The SMILES string of the molecule is CC(C)NC(=O)C1=CCN(S(C)(=O)=O)CC1. The molecule has 0 aromatic carbocycles. The zero-order valence-corrected chi connectivity index (χ0v) is 10.7. The molecular formula is C10H18N2O3S. The summed E-state index contributed by atoms with van der Waals surface area (Å²) in [6.45, 7) is 4.46. The van der Waals surface area contributed by atoms with E-state index >= 15 is 0 Å². The first-order valence-electron chi connectivity index (χ1n) is 5.25. The maximum Gasteiger partial charge on any atom is 0.247 e. The summed E-state index contributed by atoms with van der Waals surface area (Å²) in [6.07, 6.45) is 3.34. The van der Waals surface area contributed by atoms with Gasteiger partial charge in [-0.3, -0.25) is 4.79 Å². The Hall–Kier alpha value is -0.880. The first kappa shape index (κ1) is 13.2. The quantitative estimate of drug-likeness (QED) is 0.768. The summed E-state index contributed by atoms with van der Waals surface area (Å²) in [6, 6.07) is 0.0985. The maximum absolute atomic E-state index is 11.6. The van der Waals surface area contributed by atoms with Gasteiger partial charge in [-0.05, 0) is 20.3 Å². The van der Waals surface area contributed by atoms with Gasteiger partial charge in [-0.2, -0.15) is 4.31 Å². The van der Waals surface area contributed by atoms with Gasteiger partial charge in [0.05, 0.1) is 6.26 Å². The summed E-state index contributed by atoms with van der Waals surface area (Å²) < 4.78 is 23.8. The van der Waals surface area contributed by atoms with Gasteiger partial charge >= 0.3 is 0 Å². The Morgan fingerprint density at radius 1 is 1.50 bits per heavy atom. The molecule has 1 heterocycles. The van der Waals surface area contributed by atoms with Crippen LogP contribution in [0.2, 0.25) is 0 Å². The number of hydrogen-bond donors (Lipinski definition) is 1. The van der Waals surface area contributed by atoms with E-state index in [1.54, 1.807) is 6.08 Å². The van der Waals surface area contributed by atoms with Crippen molar-refractivity contribution in [3.63, 3.8) is 0 Å². The molecule has 0 bridgehead atoms. The molecule has 1 amide bonds. The third-order valence-corrected chi connectivity index (χ3v) is 3.62. The van der Waals surface area contributed by atoms with Crippen LogP contribution in [0.4, 0.5) is 0 Å². The molecule has 0 radical (unpaired) electrons. The van der Waals surface area contributed by atoms with Crippen LogP contribution in [0.25, 0.3) is 0 Å². The minimum atomic E-state index is -3.14. The molecule has 5 nitrogen and oxygen atoms in total. The second-order valence-corrected chi connectivity index (χ2v) is 6.21. The number of carbonyl (C=O) groups excluding carboxylic acids is 1. The van der Waals surface area contributed by atoms with E-state index in [1.807, 2.05) is 13.8 Å². The molecule has 0 spiro atoms. The van der Waals surface area contributed by atoms with Crippen molar-refractivity contribution in [2.75, 3.05) is 19.3 Å². The van der Waals surface area contributed by atoms with Gasteiger partial charge in [0.1, 0.15) is 0 Å². The van der Waals surface area contributed by atoms with Gasteiger partial charge in [-0.1, -0.05) is 6.08 Å². The van der Waals surface area contributed by atoms with Crippen LogP contribution in [0.15, 0.2) is 11.6 Å². The largest absolute Gasteiger partial charge is 0.350 e. The fourth-order valence-electron chi connectivity index (χ4n) is 1.51. The van der Waals surface area contributed by atoms with Crippen molar-refractivity contribution in [2.24, 2.45) is 0 Å². The van der Waals surface area contributed by atoms with Crippen LogP contribution in [0.5, 0.6) is 0 Å². The minimum Gasteiger partial charge on any atom is -0.350 e. The van der Waals surface area contributed by atoms with E-state index < -0.39 is 10.0 Å². The first-order valence-corrected chi connectivity index (χ1v) is 7.10. The molecule has 1 aliphatic heterocycles. The van der Waals surface area contributed by atoms with Crippen LogP contribution in [-0.2, 0) is 14.8 Å². The van der Waals surface area contributed by atoms with Crippen molar-refractivity contribution in [2.45, 2.75) is 26.3 Å². The predicted molar refractivity (Wildman–Crippen MR) is 62.4 cm³/mol. The van der Waals surface area contributed by atoms with Gasteiger partial charge in [-0.25, -0.2) is 8.42 Å². The third-order valence-electron chi connectivity index (χ3n) is 2.35. The van der Waals surface area contributed by atoms with Crippen LogP contribution in [0.1, 0.15) is 20.3 Å². The Balaban J connectivity index is 2.63. The number of nitrogens with one attached hydrogen (secondary N) is 1. The first-order chi connectivity index (χ1) is 7.30. The maximum atomic E-state index is 11.6. The minimum absolute atomic E-state index is 0.0943. The average molecular weight is 246 g/mol. The van der Waals surface area contributed by atoms with Crippen LogP contribution in [0, 0.1) is 0 Å². The Morgan fingerprint density at radius 2 is 2.12 bits per heavy atom. The number of amides is 1. The highest BCUT2D eigenvalue weighted by atomic mass is 32.2. The average Bonchev–Trinajstić information content (AvgIpc) is 2.15. The number of nitrogens with zero attached hydrogens (tertiary/aromatic N) is 1. The van der Waals surface area contributed by atoms with Crippen molar-refractivity contribution in [3.8, 4) is 0 Å². The zero-order chi connectivity index (χ0) is 12.3. The molecule has 0 saturated heterocycles. The summed E-state index contributed by atoms with van der Waals surface area (Å²) in [5, 5.41) is 2.79. The molecule has 92 valence electrons. The number of sulfonamides is 1. The number of carbonyl (C=O) groups is 1. The lowest BCUT2D eigenvalue weighted by Crippen LogP contribution is -2.38. The zero-order valence-electron chi connectivity index (χ0n) is 9.86. The van der Waals surface area contributed by atoms with Crippen LogP contribution < -0.4 is 5.32 Å². The fourth-order valence-corrected chi connectivity index (χ4v) is 2.28. The van der Waals surface area contributed by atoms with E-state index in [2.05, 4.69) is 5.32 Å². The Kier molecular flexibility index (Phi) is 4.09. The van der Waals surface area contributed by atoms with E-state index in [9.17, 15) is 13.2 Å². The molecule has 0 saturated carbocycles.